The van der Waals surface area contributed by atoms with E-state index in [0.717, 1.165) is 6.26 Å². The van der Waals surface area contributed by atoms with Crippen LogP contribution in [0, 0.1) is 0 Å². The van der Waals surface area contributed by atoms with Crippen molar-refractivity contribution >= 4 is 16.0 Å². The van der Waals surface area contributed by atoms with E-state index in [1.165, 1.54) is 21.3 Å². The number of sulfonamides is 1. The quantitative estimate of drug-likeness (QED) is 0.750. The van der Waals surface area contributed by atoms with Gasteiger partial charge in [0.15, 0.2) is 11.5 Å². The first-order chi connectivity index (χ1) is 9.80. The summed E-state index contributed by atoms with van der Waals surface area (Å²) in [6.07, 6.45) is 0.900. The lowest BCUT2D eigenvalue weighted by atomic mass is 10.0. The van der Waals surface area contributed by atoms with Crippen molar-refractivity contribution in [1.82, 2.24) is 4.72 Å². The molecule has 0 saturated heterocycles. The van der Waals surface area contributed by atoms with Crippen molar-refractivity contribution in [3.8, 4) is 11.5 Å². The first kappa shape index (κ1) is 17.3. The fourth-order valence-corrected chi connectivity index (χ4v) is 2.54. The van der Waals surface area contributed by atoms with Crippen molar-refractivity contribution in [2.24, 2.45) is 0 Å². The van der Waals surface area contributed by atoms with Crippen molar-refractivity contribution < 1.29 is 27.4 Å². The Morgan fingerprint density at radius 2 is 1.81 bits per heavy atom. The Morgan fingerprint density at radius 1 is 1.19 bits per heavy atom. The minimum atomic E-state index is -3.49. The average Bonchev–Trinajstić information content (AvgIpc) is 2.44. The molecule has 0 spiro atoms. The molecule has 0 saturated carbocycles. The van der Waals surface area contributed by atoms with Gasteiger partial charge in [-0.05, 0) is 17.7 Å². The number of carbonyl (C=O) groups excluding carboxylic acids is 1. The molecule has 1 N–H and O–H groups in total. The van der Waals surface area contributed by atoms with Crippen LogP contribution in [0.15, 0.2) is 18.2 Å². The van der Waals surface area contributed by atoms with Crippen LogP contribution in [0.1, 0.15) is 18.0 Å². The van der Waals surface area contributed by atoms with E-state index in [1.54, 1.807) is 18.2 Å². The summed E-state index contributed by atoms with van der Waals surface area (Å²) in [6, 6.07) is 4.17. The van der Waals surface area contributed by atoms with Crippen LogP contribution in [0.5, 0.6) is 11.5 Å². The lowest BCUT2D eigenvalue weighted by Crippen LogP contribution is -2.29. The first-order valence-electron chi connectivity index (χ1n) is 6.06. The summed E-state index contributed by atoms with van der Waals surface area (Å²) in [4.78, 5) is 11.4. The molecule has 7 nitrogen and oxygen atoms in total. The smallest absolute Gasteiger partial charge is 0.307 e. The van der Waals surface area contributed by atoms with E-state index in [2.05, 4.69) is 9.46 Å². The van der Waals surface area contributed by atoms with Crippen LogP contribution < -0.4 is 14.2 Å². The summed E-state index contributed by atoms with van der Waals surface area (Å²) >= 11 is 0. The van der Waals surface area contributed by atoms with Gasteiger partial charge in [0.05, 0.1) is 40.0 Å². The normalized spacial score (nSPS) is 12.6. The molecule has 0 unspecified atom stereocenters. The summed E-state index contributed by atoms with van der Waals surface area (Å²) in [6.45, 7) is 0. The predicted molar refractivity (Wildman–Crippen MR) is 76.9 cm³/mol. The topological polar surface area (TPSA) is 90.9 Å². The number of hydrogen-bond acceptors (Lipinski definition) is 6. The molecule has 0 aliphatic carbocycles. The van der Waals surface area contributed by atoms with Crippen LogP contribution in [0.3, 0.4) is 0 Å². The average molecular weight is 317 g/mol. The second kappa shape index (κ2) is 7.28. The van der Waals surface area contributed by atoms with Gasteiger partial charge in [0.25, 0.3) is 0 Å². The lowest BCUT2D eigenvalue weighted by Gasteiger charge is -2.18. The van der Waals surface area contributed by atoms with Gasteiger partial charge < -0.3 is 14.2 Å². The molecule has 0 aliphatic heterocycles. The van der Waals surface area contributed by atoms with Crippen molar-refractivity contribution in [3.05, 3.63) is 23.8 Å². The molecule has 0 bridgehead atoms. The summed E-state index contributed by atoms with van der Waals surface area (Å²) in [5.74, 6) is 0.434. The highest BCUT2D eigenvalue weighted by Crippen LogP contribution is 2.31. The molecule has 0 amide bonds. The highest BCUT2D eigenvalue weighted by molar-refractivity contribution is 7.88. The molecule has 1 atom stereocenters. The van der Waals surface area contributed by atoms with Crippen LogP contribution in [-0.4, -0.2) is 42.0 Å². The van der Waals surface area contributed by atoms with E-state index in [9.17, 15) is 13.2 Å². The fourth-order valence-electron chi connectivity index (χ4n) is 1.81. The van der Waals surface area contributed by atoms with Crippen molar-refractivity contribution in [2.45, 2.75) is 12.5 Å². The summed E-state index contributed by atoms with van der Waals surface area (Å²) in [5, 5.41) is 0. The van der Waals surface area contributed by atoms with E-state index < -0.39 is 22.0 Å². The summed E-state index contributed by atoms with van der Waals surface area (Å²) in [5.41, 5.74) is 0.573. The van der Waals surface area contributed by atoms with E-state index in [1.807, 2.05) is 0 Å². The maximum absolute atomic E-state index is 11.4. The Balaban J connectivity index is 3.15. The van der Waals surface area contributed by atoms with Gasteiger partial charge in [-0.2, -0.15) is 0 Å². The SMILES string of the molecule is COC(=O)C[C@@H](NS(C)(=O)=O)c1ccc(OC)c(OC)c1. The Kier molecular flexibility index (Phi) is 5.98. The Labute approximate surface area is 124 Å². The van der Waals surface area contributed by atoms with Crippen LogP contribution in [0.25, 0.3) is 0 Å². The molecular weight excluding hydrogens is 298 g/mol. The van der Waals surface area contributed by atoms with Crippen molar-refractivity contribution in [1.29, 1.82) is 0 Å². The maximum atomic E-state index is 11.4. The largest absolute Gasteiger partial charge is 0.493 e. The molecule has 1 aromatic carbocycles. The van der Waals surface area contributed by atoms with Gasteiger partial charge in [-0.1, -0.05) is 6.07 Å². The van der Waals surface area contributed by atoms with Crippen LogP contribution >= 0.6 is 0 Å². The molecule has 21 heavy (non-hydrogen) atoms. The fraction of sp³-hybridized carbons (Fsp3) is 0.462. The van der Waals surface area contributed by atoms with E-state index in [0.29, 0.717) is 17.1 Å². The second-order valence-corrected chi connectivity index (χ2v) is 6.12. The second-order valence-electron chi connectivity index (χ2n) is 4.34. The molecule has 0 fully saturated rings. The van der Waals surface area contributed by atoms with E-state index in [-0.39, 0.29) is 6.42 Å². The zero-order chi connectivity index (χ0) is 16.0. The number of carbonyl (C=O) groups is 1. The van der Waals surface area contributed by atoms with E-state index >= 15 is 0 Å². The highest BCUT2D eigenvalue weighted by Gasteiger charge is 2.21. The maximum Gasteiger partial charge on any atom is 0.307 e. The molecule has 1 rings (SSSR count). The summed E-state index contributed by atoms with van der Waals surface area (Å²) < 4.78 is 40.2. The zero-order valence-electron chi connectivity index (χ0n) is 12.4. The number of methoxy groups -OCH3 is 3. The third-order valence-corrected chi connectivity index (χ3v) is 3.48. The Bertz CT molecular complexity index is 599. The lowest BCUT2D eigenvalue weighted by molar-refractivity contribution is -0.141. The molecular formula is C13H19NO6S. The van der Waals surface area contributed by atoms with Gasteiger partial charge in [0, 0.05) is 0 Å². The molecule has 1 aromatic rings. The van der Waals surface area contributed by atoms with Crippen molar-refractivity contribution in [2.75, 3.05) is 27.6 Å². The molecule has 118 valence electrons. The van der Waals surface area contributed by atoms with E-state index in [4.69, 9.17) is 9.47 Å². The number of esters is 1. The molecule has 0 radical (unpaired) electrons. The number of benzene rings is 1. The number of nitrogens with one attached hydrogen (secondary N) is 1. The molecule has 0 heterocycles. The number of hydrogen-bond donors (Lipinski definition) is 1. The molecule has 8 heteroatoms. The van der Waals surface area contributed by atoms with Gasteiger partial charge in [0.1, 0.15) is 0 Å². The van der Waals surface area contributed by atoms with Crippen LogP contribution in [0.4, 0.5) is 0 Å². The van der Waals surface area contributed by atoms with Crippen molar-refractivity contribution in [3.63, 3.8) is 0 Å². The first-order valence-corrected chi connectivity index (χ1v) is 7.96. The standard InChI is InChI=1S/C13H19NO6S/c1-18-11-6-5-9(7-12(11)19-2)10(8-13(15)20-3)14-21(4,16)17/h5-7,10,14H,8H2,1-4H3/t10-/m1/s1. The monoisotopic (exact) mass is 317 g/mol. The third-order valence-electron chi connectivity index (χ3n) is 2.76. The van der Waals surface area contributed by atoms with Gasteiger partial charge >= 0.3 is 5.97 Å². The zero-order valence-corrected chi connectivity index (χ0v) is 13.2. The Hall–Kier alpha value is -1.80. The van der Waals surface area contributed by atoms with Gasteiger partial charge in [-0.3, -0.25) is 4.79 Å². The molecule has 0 aliphatic rings. The minimum absolute atomic E-state index is 0.126. The summed E-state index contributed by atoms with van der Waals surface area (Å²) in [7, 11) is 0.725. The molecule has 0 aromatic heterocycles. The number of ether oxygens (including phenoxy) is 3. The van der Waals surface area contributed by atoms with Crippen LogP contribution in [-0.2, 0) is 19.6 Å². The predicted octanol–water partition coefficient (Wildman–Crippen LogP) is 0.857. The highest BCUT2D eigenvalue weighted by atomic mass is 32.2. The third kappa shape index (κ3) is 5.24. The van der Waals surface area contributed by atoms with Gasteiger partial charge in [-0.15, -0.1) is 0 Å². The van der Waals surface area contributed by atoms with Gasteiger partial charge in [0.2, 0.25) is 10.0 Å². The van der Waals surface area contributed by atoms with Gasteiger partial charge in [-0.25, -0.2) is 13.1 Å². The number of rotatable bonds is 7. The van der Waals surface area contributed by atoms with Crippen LogP contribution in [0.2, 0.25) is 0 Å². The minimum Gasteiger partial charge on any atom is -0.493 e. The Morgan fingerprint density at radius 3 is 2.29 bits per heavy atom.